The van der Waals surface area contributed by atoms with E-state index in [-0.39, 0.29) is 12.2 Å². The van der Waals surface area contributed by atoms with Crippen LogP contribution >= 0.6 is 15.9 Å². The molecule has 1 aliphatic carbocycles. The highest BCUT2D eigenvalue weighted by molar-refractivity contribution is 9.10. The highest BCUT2D eigenvalue weighted by Crippen LogP contribution is 2.36. The number of hydrogen-bond donors (Lipinski definition) is 0. The van der Waals surface area contributed by atoms with Crippen LogP contribution in [0.15, 0.2) is 53.4 Å². The summed E-state index contributed by atoms with van der Waals surface area (Å²) in [6.07, 6.45) is 6.00. The van der Waals surface area contributed by atoms with Crippen LogP contribution in [0.3, 0.4) is 0 Å². The third-order valence-corrected chi connectivity index (χ3v) is 6.45. The summed E-state index contributed by atoms with van der Waals surface area (Å²) in [5.41, 5.74) is 2.49. The Hall–Kier alpha value is -3.80. The number of ether oxygens (including phenoxy) is 1. The van der Waals surface area contributed by atoms with Crippen molar-refractivity contribution in [1.29, 1.82) is 0 Å². The van der Waals surface area contributed by atoms with Crippen LogP contribution in [0.5, 0.6) is 5.75 Å². The number of aromatic nitrogens is 5. The average Bonchev–Trinajstić information content (AvgIpc) is 3.56. The number of rotatable bonds is 9. The van der Waals surface area contributed by atoms with E-state index in [0.29, 0.717) is 38.5 Å². The minimum Gasteiger partial charge on any atom is -0.478 e. The molecular weight excluding hydrogens is 550 g/mol. The van der Waals surface area contributed by atoms with Gasteiger partial charge in [-0.2, -0.15) is 0 Å². The van der Waals surface area contributed by atoms with Crippen LogP contribution in [0.2, 0.25) is 0 Å². The summed E-state index contributed by atoms with van der Waals surface area (Å²) < 4.78 is 36.8. The first-order chi connectivity index (χ1) is 17.8. The van der Waals surface area contributed by atoms with E-state index in [0.717, 1.165) is 12.7 Å². The minimum absolute atomic E-state index is 0.0818. The molecule has 3 heterocycles. The molecule has 3 aromatic heterocycles. The molecule has 0 radical (unpaired) electrons. The first-order valence-electron chi connectivity index (χ1n) is 11.6. The molecule has 1 saturated carbocycles. The summed E-state index contributed by atoms with van der Waals surface area (Å²) in [7, 11) is 0. The Balaban J connectivity index is 1.50. The van der Waals surface area contributed by atoms with Gasteiger partial charge in [0.05, 0.1) is 22.1 Å². The van der Waals surface area contributed by atoms with Crippen molar-refractivity contribution < 1.29 is 18.4 Å². The fraction of sp³-hybridized carbons (Fsp3) is 0.280. The van der Waals surface area contributed by atoms with E-state index in [1.54, 1.807) is 11.6 Å². The van der Waals surface area contributed by atoms with E-state index in [9.17, 15) is 18.9 Å². The van der Waals surface area contributed by atoms with Gasteiger partial charge in [-0.1, -0.05) is 5.21 Å². The fourth-order valence-corrected chi connectivity index (χ4v) is 4.41. The van der Waals surface area contributed by atoms with Gasteiger partial charge in [-0.15, -0.1) is 5.10 Å². The summed E-state index contributed by atoms with van der Waals surface area (Å²) in [5, 5.41) is 19.8. The van der Waals surface area contributed by atoms with Gasteiger partial charge in [0.25, 0.3) is 0 Å². The lowest BCUT2D eigenvalue weighted by atomic mass is 9.95. The van der Waals surface area contributed by atoms with Crippen LogP contribution in [-0.2, 0) is 13.0 Å². The van der Waals surface area contributed by atoms with Crippen molar-refractivity contribution in [3.8, 4) is 17.0 Å². The van der Waals surface area contributed by atoms with Gasteiger partial charge in [-0.05, 0) is 81.3 Å². The Morgan fingerprint density at radius 2 is 2.00 bits per heavy atom. The number of pyridine rings is 2. The monoisotopic (exact) mass is 570 g/mol. The Labute approximate surface area is 218 Å². The second kappa shape index (κ2) is 10.3. The Bertz CT molecular complexity index is 1480. The Kier molecular flexibility index (Phi) is 6.92. The Morgan fingerprint density at radius 1 is 1.19 bits per heavy atom. The minimum atomic E-state index is -0.834. The molecule has 0 spiro atoms. The number of hydrogen-bond acceptors (Lipinski definition) is 7. The van der Waals surface area contributed by atoms with Crippen LogP contribution in [0.1, 0.15) is 42.7 Å². The Morgan fingerprint density at radius 3 is 2.76 bits per heavy atom. The topological polar surface area (TPSA) is 109 Å². The van der Waals surface area contributed by atoms with E-state index >= 15 is 0 Å². The second-order valence-electron chi connectivity index (χ2n) is 8.94. The van der Waals surface area contributed by atoms with Crippen LogP contribution in [-0.4, -0.2) is 29.9 Å². The maximum atomic E-state index is 14.4. The SMILES string of the molecule is C[C@@H](Oc1cc(Br)cnc1[N+](=O)[O-])c1cc(F)ccc1-c1ncc(F)cc1Cc1cn(CC2CC2)nn1. The zero-order valence-corrected chi connectivity index (χ0v) is 21.2. The van der Waals surface area contributed by atoms with E-state index in [1.165, 1.54) is 49.4 Å². The van der Waals surface area contributed by atoms with Gasteiger partial charge in [0, 0.05) is 36.4 Å². The van der Waals surface area contributed by atoms with Crippen LogP contribution in [0, 0.1) is 27.7 Å². The van der Waals surface area contributed by atoms with Crippen LogP contribution < -0.4 is 4.74 Å². The molecule has 12 heteroatoms. The first kappa shape index (κ1) is 24.9. The molecule has 0 amide bonds. The number of benzene rings is 1. The molecular formula is C25H21BrF2N6O3. The second-order valence-corrected chi connectivity index (χ2v) is 9.85. The zero-order valence-electron chi connectivity index (χ0n) is 19.6. The lowest BCUT2D eigenvalue weighted by Gasteiger charge is -2.19. The van der Waals surface area contributed by atoms with Crippen molar-refractivity contribution in [2.75, 3.05) is 0 Å². The zero-order chi connectivity index (χ0) is 26.1. The molecule has 1 atom stereocenters. The van der Waals surface area contributed by atoms with Gasteiger partial charge >= 0.3 is 5.82 Å². The molecule has 0 saturated heterocycles. The maximum absolute atomic E-state index is 14.4. The van der Waals surface area contributed by atoms with Crippen molar-refractivity contribution in [2.45, 2.75) is 38.8 Å². The largest absolute Gasteiger partial charge is 0.478 e. The molecule has 9 nitrogen and oxygen atoms in total. The fourth-order valence-electron chi connectivity index (χ4n) is 4.10. The summed E-state index contributed by atoms with van der Waals surface area (Å²) in [6.45, 7) is 2.43. The lowest BCUT2D eigenvalue weighted by molar-refractivity contribution is -0.390. The molecule has 0 aliphatic heterocycles. The standard InChI is InChI=1S/C25H21BrF2N6O3/c1-14(37-23-8-17(26)10-30-25(23)34(35)36)22-9-18(27)4-5-21(22)24-16(6-19(28)11-29-24)7-20-13-33(32-31-20)12-15-2-3-15/h4-6,8-11,13-15H,2-3,7,12H2,1H3/t14-/m1/s1. The average molecular weight is 571 g/mol. The van der Waals surface area contributed by atoms with Crippen molar-refractivity contribution in [3.05, 3.63) is 92.0 Å². The maximum Gasteiger partial charge on any atom is 0.406 e. The quantitative estimate of drug-likeness (QED) is 0.184. The lowest BCUT2D eigenvalue weighted by Crippen LogP contribution is -2.09. The summed E-state index contributed by atoms with van der Waals surface area (Å²) in [4.78, 5) is 18.9. The molecule has 4 aromatic rings. The molecule has 0 bridgehead atoms. The van der Waals surface area contributed by atoms with Gasteiger partial charge in [-0.3, -0.25) is 9.67 Å². The van der Waals surface area contributed by atoms with Crippen molar-refractivity contribution in [3.63, 3.8) is 0 Å². The molecule has 0 unspecified atom stereocenters. The van der Waals surface area contributed by atoms with E-state index in [2.05, 4.69) is 36.2 Å². The van der Waals surface area contributed by atoms with Gasteiger partial charge in [0.1, 0.15) is 17.7 Å². The number of halogens is 3. The smallest absolute Gasteiger partial charge is 0.406 e. The highest BCUT2D eigenvalue weighted by Gasteiger charge is 2.25. The van der Waals surface area contributed by atoms with E-state index in [4.69, 9.17) is 4.74 Å². The third-order valence-electron chi connectivity index (χ3n) is 6.02. The first-order valence-corrected chi connectivity index (χ1v) is 12.4. The molecule has 190 valence electrons. The van der Waals surface area contributed by atoms with Gasteiger partial charge in [-0.25, -0.2) is 8.78 Å². The third kappa shape index (κ3) is 5.79. The normalized spacial score (nSPS) is 13.9. The highest BCUT2D eigenvalue weighted by atomic mass is 79.9. The van der Waals surface area contributed by atoms with Gasteiger partial charge in [0.2, 0.25) is 5.75 Å². The van der Waals surface area contributed by atoms with Gasteiger partial charge in [0.15, 0.2) is 6.20 Å². The van der Waals surface area contributed by atoms with Gasteiger partial charge < -0.3 is 14.9 Å². The molecule has 1 aliphatic rings. The molecule has 37 heavy (non-hydrogen) atoms. The van der Waals surface area contributed by atoms with Crippen LogP contribution in [0.25, 0.3) is 11.3 Å². The predicted octanol–water partition coefficient (Wildman–Crippen LogP) is 5.82. The molecule has 1 aromatic carbocycles. The van der Waals surface area contributed by atoms with E-state index in [1.807, 2.05) is 6.20 Å². The molecule has 0 N–H and O–H groups in total. The molecule has 5 rings (SSSR count). The van der Waals surface area contributed by atoms with Crippen molar-refractivity contribution >= 4 is 21.7 Å². The van der Waals surface area contributed by atoms with Crippen molar-refractivity contribution in [2.24, 2.45) is 5.92 Å². The number of nitrogens with zero attached hydrogens (tertiary/aromatic N) is 6. The summed E-state index contributed by atoms with van der Waals surface area (Å²) >= 11 is 3.24. The van der Waals surface area contributed by atoms with Crippen molar-refractivity contribution in [1.82, 2.24) is 25.0 Å². The van der Waals surface area contributed by atoms with E-state index < -0.39 is 28.5 Å². The molecule has 1 fully saturated rings. The van der Waals surface area contributed by atoms with Crippen LogP contribution in [0.4, 0.5) is 14.6 Å². The summed E-state index contributed by atoms with van der Waals surface area (Å²) in [5.74, 6) is -0.972. The number of nitro groups is 1. The summed E-state index contributed by atoms with van der Waals surface area (Å²) in [6, 6.07) is 6.87. The predicted molar refractivity (Wildman–Crippen MR) is 133 cm³/mol.